The van der Waals surface area contributed by atoms with E-state index in [9.17, 15) is 0 Å². The van der Waals surface area contributed by atoms with Crippen LogP contribution in [-0.4, -0.2) is 36.6 Å². The van der Waals surface area contributed by atoms with Crippen molar-refractivity contribution in [1.82, 2.24) is 10.2 Å². The number of piperidine rings is 1. The highest BCUT2D eigenvalue weighted by atomic mass is 15.2. The van der Waals surface area contributed by atoms with Gasteiger partial charge in [-0.25, -0.2) is 0 Å². The molecule has 1 aliphatic carbocycles. The second-order valence-electron chi connectivity index (χ2n) is 6.05. The summed E-state index contributed by atoms with van der Waals surface area (Å²) < 4.78 is 0. The van der Waals surface area contributed by atoms with E-state index in [1.54, 1.807) is 0 Å². The molecule has 0 aromatic carbocycles. The number of fused-ring (bicyclic) bond motifs is 1. The third kappa shape index (κ3) is 3.45. The fourth-order valence-electron chi connectivity index (χ4n) is 3.82. The zero-order chi connectivity index (χ0) is 12.1. The van der Waals surface area contributed by atoms with Crippen LogP contribution in [0.2, 0.25) is 0 Å². The molecule has 3 atom stereocenters. The van der Waals surface area contributed by atoms with Gasteiger partial charge < -0.3 is 5.32 Å². The molecule has 0 radical (unpaired) electrons. The van der Waals surface area contributed by atoms with Gasteiger partial charge in [-0.15, -0.1) is 0 Å². The Bertz CT molecular complexity index is 215. The fourth-order valence-corrected chi connectivity index (χ4v) is 3.82. The van der Waals surface area contributed by atoms with Gasteiger partial charge in [-0.1, -0.05) is 19.8 Å². The summed E-state index contributed by atoms with van der Waals surface area (Å²) in [5, 5.41) is 3.59. The van der Waals surface area contributed by atoms with Crippen LogP contribution in [0.3, 0.4) is 0 Å². The molecule has 0 bridgehead atoms. The highest BCUT2D eigenvalue weighted by Gasteiger charge is 2.34. The molecule has 2 heteroatoms. The summed E-state index contributed by atoms with van der Waals surface area (Å²) in [5.41, 5.74) is 0. The predicted octanol–water partition coefficient (Wildman–Crippen LogP) is 3.03. The van der Waals surface area contributed by atoms with Crippen molar-refractivity contribution in [2.45, 2.75) is 70.9 Å². The second kappa shape index (κ2) is 6.75. The Morgan fingerprint density at radius 2 is 1.94 bits per heavy atom. The summed E-state index contributed by atoms with van der Waals surface area (Å²) in [4.78, 5) is 2.82. The zero-order valence-electron chi connectivity index (χ0n) is 11.8. The number of nitrogens with one attached hydrogen (secondary N) is 1. The minimum absolute atomic E-state index is 0.729. The van der Waals surface area contributed by atoms with E-state index >= 15 is 0 Å². The van der Waals surface area contributed by atoms with Crippen LogP contribution in [0.1, 0.15) is 58.8 Å². The number of nitrogens with zero attached hydrogens (tertiary/aromatic N) is 1. The van der Waals surface area contributed by atoms with Crippen molar-refractivity contribution < 1.29 is 0 Å². The molecule has 1 saturated carbocycles. The molecule has 1 saturated heterocycles. The predicted molar refractivity (Wildman–Crippen MR) is 74.3 cm³/mol. The monoisotopic (exact) mass is 238 g/mol. The van der Waals surface area contributed by atoms with Gasteiger partial charge in [0.05, 0.1) is 0 Å². The summed E-state index contributed by atoms with van der Waals surface area (Å²) in [6.45, 7) is 8.36. The van der Waals surface area contributed by atoms with Crippen molar-refractivity contribution in [3.05, 3.63) is 0 Å². The maximum Gasteiger partial charge on any atom is 0.0195 e. The minimum Gasteiger partial charge on any atom is -0.315 e. The summed E-state index contributed by atoms with van der Waals surface area (Å²) in [5.74, 6) is 1.02. The van der Waals surface area contributed by atoms with E-state index in [1.165, 1.54) is 64.6 Å². The van der Waals surface area contributed by atoms with Crippen LogP contribution < -0.4 is 5.32 Å². The van der Waals surface area contributed by atoms with Gasteiger partial charge >= 0.3 is 0 Å². The van der Waals surface area contributed by atoms with Crippen molar-refractivity contribution in [1.29, 1.82) is 0 Å². The van der Waals surface area contributed by atoms with E-state index in [4.69, 9.17) is 0 Å². The van der Waals surface area contributed by atoms with Crippen LogP contribution in [0.5, 0.6) is 0 Å². The van der Waals surface area contributed by atoms with Crippen molar-refractivity contribution >= 4 is 0 Å². The molecule has 17 heavy (non-hydrogen) atoms. The lowest BCUT2D eigenvalue weighted by atomic mass is 9.78. The molecule has 2 fully saturated rings. The van der Waals surface area contributed by atoms with E-state index < -0.39 is 0 Å². The number of likely N-dealkylation sites (tertiary alicyclic amines) is 1. The van der Waals surface area contributed by atoms with Crippen molar-refractivity contribution in [3.8, 4) is 0 Å². The quantitative estimate of drug-likeness (QED) is 0.741. The van der Waals surface area contributed by atoms with E-state index in [2.05, 4.69) is 24.1 Å². The molecule has 0 amide bonds. The lowest BCUT2D eigenvalue weighted by Crippen LogP contribution is -2.53. The first kappa shape index (κ1) is 13.4. The van der Waals surface area contributed by atoms with Crippen LogP contribution in [0.4, 0.5) is 0 Å². The molecule has 0 aromatic rings. The lowest BCUT2D eigenvalue weighted by Gasteiger charge is -2.47. The Morgan fingerprint density at radius 3 is 2.76 bits per heavy atom. The van der Waals surface area contributed by atoms with Gasteiger partial charge in [0.2, 0.25) is 0 Å². The summed E-state index contributed by atoms with van der Waals surface area (Å²) in [7, 11) is 0. The molecule has 0 aromatic heterocycles. The summed E-state index contributed by atoms with van der Waals surface area (Å²) >= 11 is 0. The Labute approximate surface area is 107 Å². The Morgan fingerprint density at radius 1 is 1.18 bits per heavy atom. The van der Waals surface area contributed by atoms with Crippen molar-refractivity contribution in [2.75, 3.05) is 19.6 Å². The third-order valence-corrected chi connectivity index (χ3v) is 4.72. The van der Waals surface area contributed by atoms with Crippen LogP contribution >= 0.6 is 0 Å². The van der Waals surface area contributed by atoms with Gasteiger partial charge in [-0.3, -0.25) is 4.90 Å². The number of hydrogen-bond acceptors (Lipinski definition) is 2. The van der Waals surface area contributed by atoms with Crippen LogP contribution in [0.15, 0.2) is 0 Å². The van der Waals surface area contributed by atoms with E-state index in [-0.39, 0.29) is 0 Å². The first-order chi connectivity index (χ1) is 8.33. The zero-order valence-corrected chi connectivity index (χ0v) is 11.8. The average molecular weight is 238 g/mol. The molecule has 100 valence electrons. The molecular weight excluding hydrogens is 208 g/mol. The van der Waals surface area contributed by atoms with Crippen LogP contribution in [-0.2, 0) is 0 Å². The molecular formula is C15H30N2. The van der Waals surface area contributed by atoms with Gasteiger partial charge in [0, 0.05) is 18.6 Å². The molecule has 2 rings (SSSR count). The fraction of sp³-hybridized carbons (Fsp3) is 1.00. The Hall–Kier alpha value is -0.0800. The Balaban J connectivity index is 1.84. The first-order valence-corrected chi connectivity index (χ1v) is 7.79. The maximum atomic E-state index is 3.59. The van der Waals surface area contributed by atoms with Crippen molar-refractivity contribution in [2.24, 2.45) is 5.92 Å². The topological polar surface area (TPSA) is 15.3 Å². The molecule has 1 aliphatic heterocycles. The largest absolute Gasteiger partial charge is 0.315 e. The maximum absolute atomic E-state index is 3.59. The highest BCUT2D eigenvalue weighted by Crippen LogP contribution is 2.36. The Kier molecular flexibility index (Phi) is 5.30. The second-order valence-corrected chi connectivity index (χ2v) is 6.05. The molecule has 2 nitrogen and oxygen atoms in total. The van der Waals surface area contributed by atoms with E-state index in [0.29, 0.717) is 0 Å². The first-order valence-electron chi connectivity index (χ1n) is 7.79. The molecule has 0 spiro atoms. The molecule has 2 aliphatic rings. The number of rotatable bonds is 5. The van der Waals surface area contributed by atoms with Crippen molar-refractivity contribution in [3.63, 3.8) is 0 Å². The summed E-state index contributed by atoms with van der Waals surface area (Å²) in [6.07, 6.45) is 10.1. The SMILES string of the molecule is CCCNCC(C)N1CCCC2CCCCC21. The van der Waals surface area contributed by atoms with Gasteiger partial charge in [0.1, 0.15) is 0 Å². The lowest BCUT2D eigenvalue weighted by molar-refractivity contribution is 0.0316. The molecule has 3 unspecified atom stereocenters. The normalized spacial score (nSPS) is 32.1. The summed E-state index contributed by atoms with van der Waals surface area (Å²) in [6, 6.07) is 1.64. The number of hydrogen-bond donors (Lipinski definition) is 1. The molecule has 1 N–H and O–H groups in total. The van der Waals surface area contributed by atoms with E-state index in [0.717, 1.165) is 18.0 Å². The van der Waals surface area contributed by atoms with Crippen LogP contribution in [0, 0.1) is 5.92 Å². The van der Waals surface area contributed by atoms with Gasteiger partial charge in [-0.2, -0.15) is 0 Å². The van der Waals surface area contributed by atoms with Crippen LogP contribution in [0.25, 0.3) is 0 Å². The van der Waals surface area contributed by atoms with Gasteiger partial charge in [0.25, 0.3) is 0 Å². The van der Waals surface area contributed by atoms with E-state index in [1.807, 2.05) is 0 Å². The minimum atomic E-state index is 0.729. The smallest absolute Gasteiger partial charge is 0.0195 e. The van der Waals surface area contributed by atoms with Gasteiger partial charge in [-0.05, 0) is 58.0 Å². The average Bonchev–Trinajstić information content (AvgIpc) is 2.38. The molecule has 1 heterocycles. The highest BCUT2D eigenvalue weighted by molar-refractivity contribution is 4.89. The standard InChI is InChI=1S/C15H30N2/c1-3-10-16-12-13(2)17-11-6-8-14-7-4-5-9-15(14)17/h13-16H,3-12H2,1-2H3. The third-order valence-electron chi connectivity index (χ3n) is 4.72. The van der Waals surface area contributed by atoms with Gasteiger partial charge in [0.15, 0.2) is 0 Å².